The van der Waals surface area contributed by atoms with Gasteiger partial charge in [0.2, 0.25) is 0 Å². The van der Waals surface area contributed by atoms with Gasteiger partial charge in [0.1, 0.15) is 0 Å². The van der Waals surface area contributed by atoms with Crippen LogP contribution in [0.4, 0.5) is 0 Å². The second-order valence-corrected chi connectivity index (χ2v) is 8.99. The Balaban J connectivity index is 1.87. The fourth-order valence-corrected chi connectivity index (χ4v) is 4.83. The highest BCUT2D eigenvalue weighted by Gasteiger charge is 2.30. The summed E-state index contributed by atoms with van der Waals surface area (Å²) in [6.45, 7) is 5.81. The normalized spacial score (nSPS) is 16.1. The van der Waals surface area contributed by atoms with Gasteiger partial charge in [-0.05, 0) is 42.7 Å². The lowest BCUT2D eigenvalue weighted by molar-refractivity contribution is -0.121. The summed E-state index contributed by atoms with van der Waals surface area (Å²) in [4.78, 5) is 38.8. The largest absolute Gasteiger partial charge is 0.342 e. The van der Waals surface area contributed by atoms with Crippen molar-refractivity contribution in [3.63, 3.8) is 0 Å². The molecule has 0 saturated heterocycles. The molecule has 29 heavy (non-hydrogen) atoms. The van der Waals surface area contributed by atoms with Gasteiger partial charge in [0.25, 0.3) is 5.91 Å². The molecule has 3 rings (SSSR count). The number of hydrogen-bond donors (Lipinski definition) is 1. The van der Waals surface area contributed by atoms with Crippen LogP contribution >= 0.6 is 0 Å². The van der Waals surface area contributed by atoms with Gasteiger partial charge in [-0.2, -0.15) is 0 Å². The van der Waals surface area contributed by atoms with Crippen molar-refractivity contribution in [3.8, 4) is 0 Å². The van der Waals surface area contributed by atoms with Gasteiger partial charge in [-0.25, -0.2) is 4.21 Å². The van der Waals surface area contributed by atoms with Crippen LogP contribution in [0, 0.1) is 5.92 Å². The Morgan fingerprint density at radius 1 is 1.03 bits per heavy atom. The molecule has 2 unspecified atom stereocenters. The van der Waals surface area contributed by atoms with E-state index < -0.39 is 22.7 Å². The summed E-state index contributed by atoms with van der Waals surface area (Å²) < 4.78 is 13.0. The van der Waals surface area contributed by atoms with E-state index in [1.165, 1.54) is 6.07 Å². The molecule has 1 amide bonds. The van der Waals surface area contributed by atoms with Crippen molar-refractivity contribution in [1.82, 2.24) is 5.32 Å². The number of carbonyl (C=O) groups excluding carboxylic acids is 3. The highest BCUT2D eigenvalue weighted by atomic mass is 32.2. The minimum absolute atomic E-state index is 0.0147. The third kappa shape index (κ3) is 4.22. The number of benzene rings is 2. The molecule has 0 saturated carbocycles. The number of carbonyl (C=O) groups is 3. The van der Waals surface area contributed by atoms with Gasteiger partial charge in [0, 0.05) is 23.1 Å². The minimum Gasteiger partial charge on any atom is -0.342 e. The van der Waals surface area contributed by atoms with E-state index in [9.17, 15) is 18.6 Å². The van der Waals surface area contributed by atoms with Crippen LogP contribution in [0.3, 0.4) is 0 Å². The molecular weight excluding hydrogens is 386 g/mol. The van der Waals surface area contributed by atoms with Crippen LogP contribution in [-0.4, -0.2) is 27.7 Å². The Bertz CT molecular complexity index is 996. The molecule has 0 fully saturated rings. The average Bonchev–Trinajstić information content (AvgIpc) is 2.73. The molecule has 1 aliphatic rings. The number of unbranched alkanes of at least 4 members (excludes halogenated alkanes) is 1. The van der Waals surface area contributed by atoms with Crippen molar-refractivity contribution >= 4 is 28.3 Å². The number of hydrogen-bond acceptors (Lipinski definition) is 4. The molecule has 152 valence electrons. The molecule has 2 aromatic rings. The van der Waals surface area contributed by atoms with E-state index in [2.05, 4.69) is 5.32 Å². The van der Waals surface area contributed by atoms with Crippen molar-refractivity contribution < 1.29 is 18.6 Å². The van der Waals surface area contributed by atoms with Gasteiger partial charge in [-0.1, -0.05) is 39.3 Å². The van der Waals surface area contributed by atoms with E-state index >= 15 is 0 Å². The van der Waals surface area contributed by atoms with Crippen LogP contribution in [0.5, 0.6) is 0 Å². The third-order valence-corrected chi connectivity index (χ3v) is 6.59. The molecule has 1 N–H and O–H groups in total. The molecule has 0 aliphatic carbocycles. The fraction of sp³-hybridized carbons (Fsp3) is 0.348. The van der Waals surface area contributed by atoms with Crippen molar-refractivity contribution in [2.24, 2.45) is 5.92 Å². The summed E-state index contributed by atoms with van der Waals surface area (Å²) in [6.07, 6.45) is 2.13. The first kappa shape index (κ1) is 21.1. The van der Waals surface area contributed by atoms with Gasteiger partial charge in [0.15, 0.2) is 11.6 Å². The maximum absolute atomic E-state index is 13.0. The molecule has 0 radical (unpaired) electrons. The Labute approximate surface area is 173 Å². The summed E-state index contributed by atoms with van der Waals surface area (Å²) in [5.74, 6) is -0.624. The van der Waals surface area contributed by atoms with Crippen LogP contribution < -0.4 is 5.32 Å². The Kier molecular flexibility index (Phi) is 6.42. The van der Waals surface area contributed by atoms with Crippen molar-refractivity contribution in [1.29, 1.82) is 0 Å². The second kappa shape index (κ2) is 8.82. The molecule has 5 nitrogen and oxygen atoms in total. The zero-order valence-corrected chi connectivity index (χ0v) is 17.7. The predicted molar refractivity (Wildman–Crippen MR) is 112 cm³/mol. The molecule has 1 aliphatic heterocycles. The van der Waals surface area contributed by atoms with Crippen LogP contribution in [0.2, 0.25) is 0 Å². The first-order valence-electron chi connectivity index (χ1n) is 9.88. The second-order valence-electron chi connectivity index (χ2n) is 7.57. The van der Waals surface area contributed by atoms with Crippen molar-refractivity contribution in [2.45, 2.75) is 55.9 Å². The predicted octanol–water partition coefficient (Wildman–Crippen LogP) is 3.91. The molecule has 2 aromatic carbocycles. The maximum atomic E-state index is 13.0. The Hall–Kier alpha value is -2.60. The van der Waals surface area contributed by atoms with Crippen LogP contribution in [0.1, 0.15) is 66.3 Å². The van der Waals surface area contributed by atoms with Crippen LogP contribution in [-0.2, 0) is 15.6 Å². The van der Waals surface area contributed by atoms with Crippen molar-refractivity contribution in [2.75, 3.05) is 0 Å². The number of nitrogens with one attached hydrogen (secondary N) is 1. The standard InChI is InChI=1S/C23H25NO4S/c1-4-5-9-18(25)21(14(2)3)24-23(27)15-11-12-17-20(13-15)29(28)19-10-7-6-8-16(19)22(17)26/h6-8,10-14,21H,4-5,9H2,1-3H3,(H,24,27). The number of amides is 1. The first-order valence-corrected chi connectivity index (χ1v) is 11.0. The molecule has 0 aromatic heterocycles. The smallest absolute Gasteiger partial charge is 0.251 e. The quantitative estimate of drug-likeness (QED) is 0.639. The van der Waals surface area contributed by atoms with E-state index in [-0.39, 0.29) is 17.5 Å². The number of rotatable bonds is 7. The highest BCUT2D eigenvalue weighted by molar-refractivity contribution is 7.85. The molecule has 0 spiro atoms. The highest BCUT2D eigenvalue weighted by Crippen LogP contribution is 2.32. The van der Waals surface area contributed by atoms with Gasteiger partial charge < -0.3 is 5.32 Å². The minimum atomic E-state index is -1.54. The number of ketones is 2. The zero-order chi connectivity index (χ0) is 21.1. The Morgan fingerprint density at radius 3 is 2.41 bits per heavy atom. The average molecular weight is 412 g/mol. The van der Waals surface area contributed by atoms with E-state index in [0.29, 0.717) is 32.9 Å². The van der Waals surface area contributed by atoms with E-state index in [1.807, 2.05) is 20.8 Å². The maximum Gasteiger partial charge on any atom is 0.251 e. The zero-order valence-electron chi connectivity index (χ0n) is 16.9. The monoisotopic (exact) mass is 411 g/mol. The summed E-state index contributed by atoms with van der Waals surface area (Å²) in [6, 6.07) is 10.8. The Morgan fingerprint density at radius 2 is 1.72 bits per heavy atom. The lowest BCUT2D eigenvalue weighted by Crippen LogP contribution is -2.44. The summed E-state index contributed by atoms with van der Waals surface area (Å²) in [5, 5.41) is 2.82. The summed E-state index contributed by atoms with van der Waals surface area (Å²) in [7, 11) is -1.54. The van der Waals surface area contributed by atoms with Gasteiger partial charge in [0.05, 0.1) is 26.6 Å². The van der Waals surface area contributed by atoms with Crippen LogP contribution in [0.15, 0.2) is 52.3 Å². The van der Waals surface area contributed by atoms with Crippen molar-refractivity contribution in [3.05, 3.63) is 59.2 Å². The first-order chi connectivity index (χ1) is 13.8. The molecule has 6 heteroatoms. The van der Waals surface area contributed by atoms with E-state index in [1.54, 1.807) is 36.4 Å². The number of Topliss-reactive ketones (excluding diaryl/α,β-unsaturated/α-hetero) is 1. The van der Waals surface area contributed by atoms with Gasteiger partial charge >= 0.3 is 0 Å². The van der Waals surface area contributed by atoms with E-state index in [4.69, 9.17) is 0 Å². The van der Waals surface area contributed by atoms with E-state index in [0.717, 1.165) is 12.8 Å². The molecule has 1 heterocycles. The summed E-state index contributed by atoms with van der Waals surface area (Å²) >= 11 is 0. The van der Waals surface area contributed by atoms with Gasteiger partial charge in [-0.3, -0.25) is 14.4 Å². The molecular formula is C23H25NO4S. The lowest BCUT2D eigenvalue weighted by Gasteiger charge is -2.22. The lowest BCUT2D eigenvalue weighted by atomic mass is 9.95. The topological polar surface area (TPSA) is 80.3 Å². The molecule has 2 atom stereocenters. The fourth-order valence-electron chi connectivity index (χ4n) is 3.43. The molecule has 0 bridgehead atoms. The van der Waals surface area contributed by atoms with Crippen LogP contribution in [0.25, 0.3) is 0 Å². The third-order valence-electron chi connectivity index (χ3n) is 5.10. The SMILES string of the molecule is CCCCC(=O)C(NC(=O)c1ccc2c(c1)S(=O)c1ccccc1C2=O)C(C)C. The summed E-state index contributed by atoms with van der Waals surface area (Å²) in [5.41, 5.74) is 1.06. The number of fused-ring (bicyclic) bond motifs is 2. The van der Waals surface area contributed by atoms with Gasteiger partial charge in [-0.15, -0.1) is 0 Å².